The highest BCUT2D eigenvalue weighted by Crippen LogP contribution is 2.17. The molecule has 0 aliphatic heterocycles. The molecule has 0 aromatic rings. The average molecular weight is 819 g/mol. The lowest BCUT2D eigenvalue weighted by molar-refractivity contribution is -0.167. The van der Waals surface area contributed by atoms with E-state index in [1.54, 1.807) is 0 Å². The Morgan fingerprint density at radius 3 is 0.914 bits per heavy atom. The predicted octanol–water partition coefficient (Wildman–Crippen LogP) is 16.6. The van der Waals surface area contributed by atoms with Gasteiger partial charge in [-0.15, -0.1) is 0 Å². The van der Waals surface area contributed by atoms with Gasteiger partial charge in [-0.1, -0.05) is 238 Å². The van der Waals surface area contributed by atoms with E-state index >= 15 is 0 Å². The minimum atomic E-state index is -0.765. The molecule has 0 amide bonds. The summed E-state index contributed by atoms with van der Waals surface area (Å²) in [5.41, 5.74) is 0. The molecular formula is C52H98O6. The molecule has 0 fully saturated rings. The largest absolute Gasteiger partial charge is 0.462 e. The van der Waals surface area contributed by atoms with Crippen molar-refractivity contribution in [3.63, 3.8) is 0 Å². The summed E-state index contributed by atoms with van der Waals surface area (Å²) in [5.74, 6) is -0.877. The van der Waals surface area contributed by atoms with Crippen LogP contribution >= 0.6 is 0 Å². The Balaban J connectivity index is 4.04. The monoisotopic (exact) mass is 819 g/mol. The summed E-state index contributed by atoms with van der Waals surface area (Å²) < 4.78 is 16.7. The standard InChI is InChI=1S/C52H98O6/c1-4-7-10-13-16-18-20-21-22-23-24-25-26-27-28-29-30-31-33-34-36-39-42-45-51(54)57-48-49(47-56-50(53)44-41-38-15-12-9-6-3)58-52(55)46-43-40-37-35-32-19-17-14-11-8-5-2/h14,17,49H,4-13,15-16,18-48H2,1-3H3/b17-14-. The Hall–Kier alpha value is -1.85. The molecule has 0 aliphatic carbocycles. The summed E-state index contributed by atoms with van der Waals surface area (Å²) in [6.45, 7) is 6.56. The predicted molar refractivity (Wildman–Crippen MR) is 247 cm³/mol. The summed E-state index contributed by atoms with van der Waals surface area (Å²) >= 11 is 0. The van der Waals surface area contributed by atoms with Crippen LogP contribution in [0.2, 0.25) is 0 Å². The van der Waals surface area contributed by atoms with Gasteiger partial charge in [0.05, 0.1) is 0 Å². The smallest absolute Gasteiger partial charge is 0.306 e. The number of ether oxygens (including phenoxy) is 3. The summed E-state index contributed by atoms with van der Waals surface area (Å²) in [4.78, 5) is 37.6. The topological polar surface area (TPSA) is 78.9 Å². The van der Waals surface area contributed by atoms with E-state index in [9.17, 15) is 14.4 Å². The lowest BCUT2D eigenvalue weighted by Crippen LogP contribution is -2.30. The molecule has 0 saturated heterocycles. The highest BCUT2D eigenvalue weighted by Gasteiger charge is 2.19. The van der Waals surface area contributed by atoms with Crippen molar-refractivity contribution in [2.45, 2.75) is 290 Å². The van der Waals surface area contributed by atoms with E-state index in [2.05, 4.69) is 32.9 Å². The lowest BCUT2D eigenvalue weighted by atomic mass is 10.0. The zero-order valence-corrected chi connectivity index (χ0v) is 39.1. The van der Waals surface area contributed by atoms with Crippen LogP contribution in [0.15, 0.2) is 12.2 Å². The zero-order valence-electron chi connectivity index (χ0n) is 39.1. The number of carbonyl (C=O) groups excluding carboxylic acids is 3. The van der Waals surface area contributed by atoms with Crippen molar-refractivity contribution in [2.24, 2.45) is 0 Å². The maximum Gasteiger partial charge on any atom is 0.306 e. The maximum absolute atomic E-state index is 12.7. The summed E-state index contributed by atoms with van der Waals surface area (Å²) in [6, 6.07) is 0. The van der Waals surface area contributed by atoms with E-state index in [-0.39, 0.29) is 31.1 Å². The van der Waals surface area contributed by atoms with Crippen LogP contribution in [-0.4, -0.2) is 37.2 Å². The first-order chi connectivity index (χ1) is 28.5. The van der Waals surface area contributed by atoms with Gasteiger partial charge in [-0.25, -0.2) is 0 Å². The summed E-state index contributed by atoms with van der Waals surface area (Å²) in [7, 11) is 0. The number of rotatable bonds is 47. The highest BCUT2D eigenvalue weighted by molar-refractivity contribution is 5.71. The molecule has 0 aliphatic rings. The number of carbonyl (C=O) groups is 3. The molecule has 0 N–H and O–H groups in total. The lowest BCUT2D eigenvalue weighted by Gasteiger charge is -2.18. The Morgan fingerprint density at radius 2 is 0.586 bits per heavy atom. The molecule has 6 heteroatoms. The van der Waals surface area contributed by atoms with E-state index in [4.69, 9.17) is 14.2 Å². The number of unbranched alkanes of at least 4 members (excludes halogenated alkanes) is 34. The molecule has 0 aromatic carbocycles. The molecule has 1 atom stereocenters. The van der Waals surface area contributed by atoms with Gasteiger partial charge in [0, 0.05) is 19.3 Å². The van der Waals surface area contributed by atoms with Crippen LogP contribution in [0.25, 0.3) is 0 Å². The number of allylic oxidation sites excluding steroid dienone is 2. The SMILES string of the molecule is CCCC/C=C\CCCCCCCC(=O)OC(COC(=O)CCCCCCCC)COC(=O)CCCCCCCCCCCCCCCCCCCCCCCCC. The van der Waals surface area contributed by atoms with Crippen LogP contribution in [-0.2, 0) is 28.6 Å². The molecule has 1 unspecified atom stereocenters. The fraction of sp³-hybridized carbons (Fsp3) is 0.904. The van der Waals surface area contributed by atoms with Crippen molar-refractivity contribution >= 4 is 17.9 Å². The van der Waals surface area contributed by atoms with E-state index in [0.717, 1.165) is 64.2 Å². The van der Waals surface area contributed by atoms with Crippen molar-refractivity contribution in [1.29, 1.82) is 0 Å². The zero-order chi connectivity index (χ0) is 42.3. The minimum Gasteiger partial charge on any atom is -0.462 e. The Labute approximate surface area is 360 Å². The molecule has 58 heavy (non-hydrogen) atoms. The molecule has 0 bridgehead atoms. The molecule has 342 valence electrons. The Kier molecular flexibility index (Phi) is 46.3. The number of esters is 3. The van der Waals surface area contributed by atoms with Gasteiger partial charge in [-0.3, -0.25) is 14.4 Å². The highest BCUT2D eigenvalue weighted by atomic mass is 16.6. The Morgan fingerprint density at radius 1 is 0.328 bits per heavy atom. The average Bonchev–Trinajstić information content (AvgIpc) is 3.22. The molecule has 0 heterocycles. The summed E-state index contributed by atoms with van der Waals surface area (Å²) in [6.07, 6.45) is 52.4. The van der Waals surface area contributed by atoms with E-state index in [0.29, 0.717) is 19.3 Å². The fourth-order valence-electron chi connectivity index (χ4n) is 7.60. The van der Waals surface area contributed by atoms with Gasteiger partial charge < -0.3 is 14.2 Å². The van der Waals surface area contributed by atoms with E-state index in [1.165, 1.54) is 180 Å². The quantitative estimate of drug-likeness (QED) is 0.0263. The van der Waals surface area contributed by atoms with Gasteiger partial charge in [0.1, 0.15) is 13.2 Å². The third-order valence-corrected chi connectivity index (χ3v) is 11.5. The second-order valence-corrected chi connectivity index (χ2v) is 17.4. The van der Waals surface area contributed by atoms with E-state index in [1.807, 2.05) is 0 Å². The van der Waals surface area contributed by atoms with Crippen LogP contribution in [0.1, 0.15) is 284 Å². The second-order valence-electron chi connectivity index (χ2n) is 17.4. The maximum atomic E-state index is 12.7. The molecule has 0 radical (unpaired) electrons. The van der Waals surface area contributed by atoms with E-state index < -0.39 is 6.10 Å². The van der Waals surface area contributed by atoms with Gasteiger partial charge in [-0.05, 0) is 38.5 Å². The molecular weight excluding hydrogens is 721 g/mol. The molecule has 0 rings (SSSR count). The molecule has 0 spiro atoms. The molecule has 0 saturated carbocycles. The van der Waals surface area contributed by atoms with Crippen molar-refractivity contribution in [3.05, 3.63) is 12.2 Å². The normalized spacial score (nSPS) is 12.0. The van der Waals surface area contributed by atoms with Crippen LogP contribution in [0.3, 0.4) is 0 Å². The summed E-state index contributed by atoms with van der Waals surface area (Å²) in [5, 5.41) is 0. The van der Waals surface area contributed by atoms with Crippen LogP contribution in [0, 0.1) is 0 Å². The first-order valence-electron chi connectivity index (χ1n) is 25.7. The number of hydrogen-bond donors (Lipinski definition) is 0. The van der Waals surface area contributed by atoms with Gasteiger partial charge in [0.15, 0.2) is 6.10 Å². The van der Waals surface area contributed by atoms with Gasteiger partial charge in [0.2, 0.25) is 0 Å². The third-order valence-electron chi connectivity index (χ3n) is 11.5. The second kappa shape index (κ2) is 47.8. The van der Waals surface area contributed by atoms with Gasteiger partial charge >= 0.3 is 17.9 Å². The van der Waals surface area contributed by atoms with Crippen molar-refractivity contribution in [3.8, 4) is 0 Å². The van der Waals surface area contributed by atoms with Gasteiger partial charge in [-0.2, -0.15) is 0 Å². The third kappa shape index (κ3) is 45.2. The van der Waals surface area contributed by atoms with Crippen molar-refractivity contribution < 1.29 is 28.6 Å². The van der Waals surface area contributed by atoms with Crippen LogP contribution in [0.4, 0.5) is 0 Å². The fourth-order valence-corrected chi connectivity index (χ4v) is 7.60. The van der Waals surface area contributed by atoms with Crippen LogP contribution in [0.5, 0.6) is 0 Å². The minimum absolute atomic E-state index is 0.0694. The number of hydrogen-bond acceptors (Lipinski definition) is 6. The Bertz CT molecular complexity index is 900. The van der Waals surface area contributed by atoms with Crippen molar-refractivity contribution in [1.82, 2.24) is 0 Å². The first-order valence-corrected chi connectivity index (χ1v) is 25.7. The van der Waals surface area contributed by atoms with Gasteiger partial charge in [0.25, 0.3) is 0 Å². The molecule has 6 nitrogen and oxygen atoms in total. The van der Waals surface area contributed by atoms with Crippen molar-refractivity contribution in [2.75, 3.05) is 13.2 Å². The van der Waals surface area contributed by atoms with Crippen LogP contribution < -0.4 is 0 Å². The molecule has 0 aromatic heterocycles. The first kappa shape index (κ1) is 56.1.